The highest BCUT2D eigenvalue weighted by Crippen LogP contribution is 2.17. The molecule has 3 nitrogen and oxygen atoms in total. The quantitative estimate of drug-likeness (QED) is 0.661. The van der Waals surface area contributed by atoms with Gasteiger partial charge in [0.2, 0.25) is 0 Å². The Bertz CT molecular complexity index is 199. The van der Waals surface area contributed by atoms with E-state index in [9.17, 15) is 13.6 Å². The van der Waals surface area contributed by atoms with E-state index in [1.54, 1.807) is 6.92 Å². The molecule has 0 aromatic heterocycles. The highest BCUT2D eigenvalue weighted by molar-refractivity contribution is 5.79. The standard InChI is InChI=1S/C8H14F2N2O/c1-5-4-6(11)2-3-12(5)8(13)7(9)10/h5-7H,2-4,11H2,1H3. The summed E-state index contributed by atoms with van der Waals surface area (Å²) < 4.78 is 24.1. The molecule has 2 N–H and O–H groups in total. The molecule has 0 radical (unpaired) electrons. The van der Waals surface area contributed by atoms with Crippen molar-refractivity contribution in [3.63, 3.8) is 0 Å². The maximum Gasteiger partial charge on any atom is 0.315 e. The molecule has 0 aliphatic carbocycles. The molecular weight excluding hydrogens is 178 g/mol. The Balaban J connectivity index is 2.56. The monoisotopic (exact) mass is 192 g/mol. The lowest BCUT2D eigenvalue weighted by atomic mass is 9.99. The fourth-order valence-corrected chi connectivity index (χ4v) is 1.66. The van der Waals surface area contributed by atoms with Crippen LogP contribution in [0.15, 0.2) is 0 Å². The third kappa shape index (κ3) is 2.37. The van der Waals surface area contributed by atoms with Gasteiger partial charge < -0.3 is 10.6 Å². The van der Waals surface area contributed by atoms with E-state index >= 15 is 0 Å². The van der Waals surface area contributed by atoms with Crippen LogP contribution in [0.25, 0.3) is 0 Å². The second-order valence-corrected chi connectivity index (χ2v) is 3.47. The Morgan fingerprint density at radius 3 is 2.69 bits per heavy atom. The van der Waals surface area contributed by atoms with E-state index in [4.69, 9.17) is 5.73 Å². The Kier molecular flexibility index (Phi) is 3.19. The van der Waals surface area contributed by atoms with Crippen LogP contribution in [0.5, 0.6) is 0 Å². The van der Waals surface area contributed by atoms with Crippen molar-refractivity contribution in [2.75, 3.05) is 6.54 Å². The molecule has 1 rings (SSSR count). The van der Waals surface area contributed by atoms with Crippen LogP contribution in [0.2, 0.25) is 0 Å². The van der Waals surface area contributed by atoms with Gasteiger partial charge in [0.05, 0.1) is 0 Å². The van der Waals surface area contributed by atoms with Crippen LogP contribution < -0.4 is 5.73 Å². The van der Waals surface area contributed by atoms with Crippen molar-refractivity contribution < 1.29 is 13.6 Å². The molecule has 1 aliphatic heterocycles. The van der Waals surface area contributed by atoms with Crippen molar-refractivity contribution >= 4 is 5.91 Å². The lowest BCUT2D eigenvalue weighted by Crippen LogP contribution is -2.50. The predicted molar refractivity (Wildman–Crippen MR) is 44.4 cm³/mol. The number of hydrogen-bond acceptors (Lipinski definition) is 2. The van der Waals surface area contributed by atoms with Crippen LogP contribution in [0.3, 0.4) is 0 Å². The first-order valence-corrected chi connectivity index (χ1v) is 4.36. The van der Waals surface area contributed by atoms with Crippen molar-refractivity contribution in [1.82, 2.24) is 4.90 Å². The summed E-state index contributed by atoms with van der Waals surface area (Å²) in [5.74, 6) is -1.07. The summed E-state index contributed by atoms with van der Waals surface area (Å²) >= 11 is 0. The molecule has 5 heteroatoms. The molecule has 0 aromatic carbocycles. The normalized spacial score (nSPS) is 29.5. The fourth-order valence-electron chi connectivity index (χ4n) is 1.66. The molecule has 1 fully saturated rings. The Labute approximate surface area is 75.9 Å². The van der Waals surface area contributed by atoms with Gasteiger partial charge in [0.15, 0.2) is 0 Å². The van der Waals surface area contributed by atoms with Gasteiger partial charge in [0.25, 0.3) is 5.91 Å². The number of hydrogen-bond donors (Lipinski definition) is 1. The highest BCUT2D eigenvalue weighted by Gasteiger charge is 2.31. The van der Waals surface area contributed by atoms with E-state index in [2.05, 4.69) is 0 Å². The number of nitrogens with two attached hydrogens (primary N) is 1. The van der Waals surface area contributed by atoms with E-state index in [0.29, 0.717) is 19.4 Å². The van der Waals surface area contributed by atoms with Crippen LogP contribution in [0.4, 0.5) is 8.78 Å². The zero-order valence-corrected chi connectivity index (χ0v) is 7.54. The topological polar surface area (TPSA) is 46.3 Å². The number of halogens is 2. The molecule has 1 aliphatic rings. The third-order valence-corrected chi connectivity index (χ3v) is 2.39. The van der Waals surface area contributed by atoms with Crippen molar-refractivity contribution in [2.45, 2.75) is 38.3 Å². The number of alkyl halides is 2. The Morgan fingerprint density at radius 1 is 1.62 bits per heavy atom. The van der Waals surface area contributed by atoms with Gasteiger partial charge in [-0.3, -0.25) is 4.79 Å². The molecular formula is C8H14F2N2O. The second kappa shape index (κ2) is 4.00. The molecule has 1 saturated heterocycles. The summed E-state index contributed by atoms with van der Waals surface area (Å²) in [6.07, 6.45) is -1.67. The van der Waals surface area contributed by atoms with Crippen LogP contribution >= 0.6 is 0 Å². The smallest absolute Gasteiger partial charge is 0.315 e. The van der Waals surface area contributed by atoms with Crippen LogP contribution in [-0.2, 0) is 4.79 Å². The molecule has 1 heterocycles. The molecule has 76 valence electrons. The van der Waals surface area contributed by atoms with Gasteiger partial charge in [0, 0.05) is 18.6 Å². The predicted octanol–water partition coefficient (Wildman–Crippen LogP) is 0.590. The number of piperidine rings is 1. The minimum atomic E-state index is -2.89. The molecule has 13 heavy (non-hydrogen) atoms. The zero-order valence-electron chi connectivity index (χ0n) is 7.54. The minimum Gasteiger partial charge on any atom is -0.335 e. The number of rotatable bonds is 1. The number of likely N-dealkylation sites (tertiary alicyclic amines) is 1. The minimum absolute atomic E-state index is 0.0386. The number of carbonyl (C=O) groups excluding carboxylic acids is 1. The molecule has 2 unspecified atom stereocenters. The van der Waals surface area contributed by atoms with Crippen LogP contribution in [0, 0.1) is 0 Å². The van der Waals surface area contributed by atoms with Crippen LogP contribution in [0.1, 0.15) is 19.8 Å². The zero-order chi connectivity index (χ0) is 10.0. The lowest BCUT2D eigenvalue weighted by molar-refractivity contribution is -0.146. The van der Waals surface area contributed by atoms with Crippen molar-refractivity contribution in [3.8, 4) is 0 Å². The maximum atomic E-state index is 12.1. The SMILES string of the molecule is CC1CC(N)CCN1C(=O)C(F)F. The Morgan fingerprint density at radius 2 is 2.23 bits per heavy atom. The second-order valence-electron chi connectivity index (χ2n) is 3.47. The van der Waals surface area contributed by atoms with Gasteiger partial charge in [-0.2, -0.15) is 8.78 Å². The first kappa shape index (κ1) is 10.4. The van der Waals surface area contributed by atoms with E-state index < -0.39 is 12.3 Å². The van der Waals surface area contributed by atoms with E-state index in [1.807, 2.05) is 0 Å². The van der Waals surface area contributed by atoms with Gasteiger partial charge >= 0.3 is 6.43 Å². The number of nitrogens with zero attached hydrogens (tertiary/aromatic N) is 1. The molecule has 0 bridgehead atoms. The largest absolute Gasteiger partial charge is 0.335 e. The lowest BCUT2D eigenvalue weighted by Gasteiger charge is -2.36. The first-order chi connectivity index (χ1) is 6.02. The Hall–Kier alpha value is -0.710. The number of carbonyl (C=O) groups is 1. The summed E-state index contributed by atoms with van der Waals surface area (Å²) in [5.41, 5.74) is 5.64. The molecule has 2 atom stereocenters. The van der Waals surface area contributed by atoms with Gasteiger partial charge in [-0.15, -0.1) is 0 Å². The van der Waals surface area contributed by atoms with E-state index in [-0.39, 0.29) is 12.1 Å². The molecule has 0 aromatic rings. The fraction of sp³-hybridized carbons (Fsp3) is 0.875. The summed E-state index contributed by atoms with van der Waals surface area (Å²) in [6, 6.07) is -0.123. The summed E-state index contributed by atoms with van der Waals surface area (Å²) in [5, 5.41) is 0. The highest BCUT2D eigenvalue weighted by atomic mass is 19.3. The van der Waals surface area contributed by atoms with Gasteiger partial charge in [-0.1, -0.05) is 0 Å². The van der Waals surface area contributed by atoms with Gasteiger partial charge in [0.1, 0.15) is 0 Å². The molecule has 0 spiro atoms. The van der Waals surface area contributed by atoms with Crippen molar-refractivity contribution in [2.24, 2.45) is 5.73 Å². The van der Waals surface area contributed by atoms with E-state index in [1.165, 1.54) is 4.90 Å². The number of amides is 1. The van der Waals surface area contributed by atoms with Crippen molar-refractivity contribution in [3.05, 3.63) is 0 Å². The maximum absolute atomic E-state index is 12.1. The summed E-state index contributed by atoms with van der Waals surface area (Å²) in [4.78, 5) is 12.2. The summed E-state index contributed by atoms with van der Waals surface area (Å²) in [7, 11) is 0. The van der Waals surface area contributed by atoms with Crippen molar-refractivity contribution in [1.29, 1.82) is 0 Å². The van der Waals surface area contributed by atoms with Gasteiger partial charge in [-0.05, 0) is 19.8 Å². The third-order valence-electron chi connectivity index (χ3n) is 2.39. The molecule has 0 saturated carbocycles. The van der Waals surface area contributed by atoms with E-state index in [0.717, 1.165) is 0 Å². The average Bonchev–Trinajstić information content (AvgIpc) is 2.03. The molecule has 1 amide bonds. The van der Waals surface area contributed by atoms with Gasteiger partial charge in [-0.25, -0.2) is 0 Å². The summed E-state index contributed by atoms with van der Waals surface area (Å²) in [6.45, 7) is 2.10. The van der Waals surface area contributed by atoms with Crippen LogP contribution in [-0.4, -0.2) is 35.9 Å². The first-order valence-electron chi connectivity index (χ1n) is 4.36. The average molecular weight is 192 g/mol.